The predicted molar refractivity (Wildman–Crippen MR) is 201 cm³/mol. The van der Waals surface area contributed by atoms with Gasteiger partial charge in [-0.3, -0.25) is 9.69 Å². The number of ketones is 1. The van der Waals surface area contributed by atoms with Gasteiger partial charge >= 0.3 is 18.2 Å². The lowest BCUT2D eigenvalue weighted by Crippen LogP contribution is -2.39. The third-order valence-corrected chi connectivity index (χ3v) is 8.29. The van der Waals surface area contributed by atoms with E-state index < -0.39 is 53.5 Å². The summed E-state index contributed by atoms with van der Waals surface area (Å²) in [5.41, 5.74) is -1.01. The van der Waals surface area contributed by atoms with Crippen molar-refractivity contribution in [2.24, 2.45) is 5.92 Å². The van der Waals surface area contributed by atoms with Crippen LogP contribution in [0.3, 0.4) is 0 Å². The Morgan fingerprint density at radius 2 is 1.71 bits per heavy atom. The molecule has 0 spiro atoms. The van der Waals surface area contributed by atoms with E-state index in [0.29, 0.717) is 11.3 Å². The van der Waals surface area contributed by atoms with Crippen LogP contribution < -0.4 is 9.47 Å². The van der Waals surface area contributed by atoms with Gasteiger partial charge in [0.05, 0.1) is 19.2 Å². The normalized spacial score (nSPS) is 22.7. The second-order valence-corrected chi connectivity index (χ2v) is 15.8. The molecule has 0 N–H and O–H groups in total. The number of benzene rings is 1. The van der Waals surface area contributed by atoms with Crippen molar-refractivity contribution >= 4 is 30.0 Å². The molecule has 55 heavy (non-hydrogen) atoms. The maximum Gasteiger partial charge on any atom is 0.420 e. The van der Waals surface area contributed by atoms with Crippen molar-refractivity contribution in [3.05, 3.63) is 59.7 Å². The highest BCUT2D eigenvalue weighted by Gasteiger charge is 2.43. The van der Waals surface area contributed by atoms with Gasteiger partial charge in [0.25, 0.3) is 0 Å². The zero-order valence-electron chi connectivity index (χ0n) is 33.7. The quantitative estimate of drug-likeness (QED) is 0.150. The number of hydrogen-bond acceptors (Lipinski definition) is 13. The van der Waals surface area contributed by atoms with Gasteiger partial charge in [0.2, 0.25) is 0 Å². The van der Waals surface area contributed by atoms with E-state index in [0.717, 1.165) is 0 Å². The molecule has 1 saturated heterocycles. The van der Waals surface area contributed by atoms with Crippen LogP contribution in [-0.2, 0) is 39.8 Å². The highest BCUT2D eigenvalue weighted by atomic mass is 16.8. The number of hydrogen-bond donors (Lipinski definition) is 0. The monoisotopic (exact) mass is 769 g/mol. The number of rotatable bonds is 9. The van der Waals surface area contributed by atoms with E-state index in [9.17, 15) is 19.2 Å². The molecule has 1 amide bonds. The molecule has 3 heterocycles. The van der Waals surface area contributed by atoms with Crippen LogP contribution >= 0.6 is 0 Å². The zero-order chi connectivity index (χ0) is 40.7. The second kappa shape index (κ2) is 17.8. The number of cyclic esters (lactones) is 1. The first kappa shape index (κ1) is 43.0. The van der Waals surface area contributed by atoms with E-state index in [4.69, 9.17) is 37.9 Å². The molecule has 2 aromatic rings. The van der Waals surface area contributed by atoms with Crippen molar-refractivity contribution in [1.82, 2.24) is 14.5 Å². The maximum absolute atomic E-state index is 13.8. The number of methoxy groups -OCH3 is 1. The Bertz CT molecular complexity index is 1750. The molecular formula is C40H55N3O12. The number of carbonyl (C=O) groups is 4. The third kappa shape index (κ3) is 12.4. The molecule has 1 aromatic carbocycles. The van der Waals surface area contributed by atoms with Crippen LogP contribution in [0, 0.1) is 5.92 Å². The molecule has 302 valence electrons. The van der Waals surface area contributed by atoms with E-state index in [1.165, 1.54) is 35.0 Å². The second-order valence-electron chi connectivity index (χ2n) is 15.8. The molecule has 1 aromatic heterocycles. The van der Waals surface area contributed by atoms with Crippen LogP contribution in [0.2, 0.25) is 0 Å². The summed E-state index contributed by atoms with van der Waals surface area (Å²) in [5.74, 6) is -1.47. The predicted octanol–water partition coefficient (Wildman–Crippen LogP) is 6.71. The number of carbonyl (C=O) groups excluding carboxylic acids is 4. The molecule has 0 saturated carbocycles. The molecule has 0 bridgehead atoms. The lowest BCUT2D eigenvalue weighted by Gasteiger charge is -2.27. The van der Waals surface area contributed by atoms with E-state index in [1.54, 1.807) is 92.7 Å². The van der Waals surface area contributed by atoms with Crippen molar-refractivity contribution in [1.29, 1.82) is 0 Å². The maximum atomic E-state index is 13.8. The Labute approximate surface area is 322 Å². The number of nitrogens with zero attached hydrogens (tertiary/aromatic N) is 3. The number of ether oxygens (including phenoxy) is 8. The summed E-state index contributed by atoms with van der Waals surface area (Å²) in [6.45, 7) is 17.3. The SMILES string of the molecule is COCOc1cc(OCCN(Cc2nccn2C(=O)OC(C)(C)C)C(=O)OC(C)(C)C)cc2c1C(=O)OC(C)[C@H](C)/C=C\C(=O)C1OC(C)(C)OC1C/C=C/2. The molecular weight excluding hydrogens is 714 g/mol. The average Bonchev–Trinajstić information content (AvgIpc) is 3.66. The van der Waals surface area contributed by atoms with E-state index >= 15 is 0 Å². The third-order valence-electron chi connectivity index (χ3n) is 8.29. The number of amides is 1. The minimum atomic E-state index is -0.971. The Balaban J connectivity index is 1.66. The van der Waals surface area contributed by atoms with Gasteiger partial charge in [-0.05, 0) is 86.4 Å². The van der Waals surface area contributed by atoms with Crippen LogP contribution in [0.5, 0.6) is 11.5 Å². The molecule has 3 unspecified atom stereocenters. The summed E-state index contributed by atoms with van der Waals surface area (Å²) in [6.07, 6.45) is 6.53. The molecule has 15 nitrogen and oxygen atoms in total. The van der Waals surface area contributed by atoms with Gasteiger partial charge in [-0.2, -0.15) is 0 Å². The molecule has 0 aliphatic carbocycles. The minimum Gasteiger partial charge on any atom is -0.492 e. The number of imidazole rings is 1. The Morgan fingerprint density at radius 1 is 1.00 bits per heavy atom. The van der Waals surface area contributed by atoms with Crippen molar-refractivity contribution in [2.45, 2.75) is 118 Å². The van der Waals surface area contributed by atoms with Crippen molar-refractivity contribution < 1.29 is 57.1 Å². The average molecular weight is 770 g/mol. The van der Waals surface area contributed by atoms with Crippen LogP contribution in [0.1, 0.15) is 97.4 Å². The molecule has 0 radical (unpaired) electrons. The summed E-state index contributed by atoms with van der Waals surface area (Å²) < 4.78 is 47.6. The first-order valence-electron chi connectivity index (χ1n) is 18.3. The topological polar surface area (TPSA) is 163 Å². The van der Waals surface area contributed by atoms with Crippen molar-refractivity contribution in [3.8, 4) is 11.5 Å². The smallest absolute Gasteiger partial charge is 0.420 e. The van der Waals surface area contributed by atoms with Crippen molar-refractivity contribution in [2.75, 3.05) is 27.1 Å². The lowest BCUT2D eigenvalue weighted by atomic mass is 9.99. The number of esters is 1. The summed E-state index contributed by atoms with van der Waals surface area (Å²) in [5, 5.41) is 0. The molecule has 4 rings (SSSR count). The number of aromatic nitrogens is 2. The first-order chi connectivity index (χ1) is 25.7. The molecule has 15 heteroatoms. The van der Waals surface area contributed by atoms with Crippen LogP contribution in [-0.4, -0.2) is 101 Å². The lowest BCUT2D eigenvalue weighted by molar-refractivity contribution is -0.152. The Morgan fingerprint density at radius 3 is 2.38 bits per heavy atom. The van der Waals surface area contributed by atoms with Gasteiger partial charge in [-0.1, -0.05) is 25.2 Å². The van der Waals surface area contributed by atoms with Crippen LogP contribution in [0.15, 0.2) is 42.8 Å². The Kier molecular flexibility index (Phi) is 13.9. The van der Waals surface area contributed by atoms with Gasteiger partial charge < -0.3 is 37.9 Å². The molecule has 2 aliphatic heterocycles. The van der Waals surface area contributed by atoms with E-state index in [-0.39, 0.29) is 61.7 Å². The summed E-state index contributed by atoms with van der Waals surface area (Å²) >= 11 is 0. The number of fused-ring (bicyclic) bond motifs is 2. The zero-order valence-corrected chi connectivity index (χ0v) is 33.7. The fourth-order valence-corrected chi connectivity index (χ4v) is 5.63. The minimum absolute atomic E-state index is 0.0203. The first-order valence-corrected chi connectivity index (χ1v) is 18.3. The summed E-state index contributed by atoms with van der Waals surface area (Å²) in [6, 6.07) is 3.19. The van der Waals surface area contributed by atoms with Gasteiger partial charge in [0, 0.05) is 31.5 Å². The molecule has 1 fully saturated rings. The van der Waals surface area contributed by atoms with Gasteiger partial charge in [0.1, 0.15) is 52.9 Å². The van der Waals surface area contributed by atoms with E-state index in [2.05, 4.69) is 4.98 Å². The highest BCUT2D eigenvalue weighted by molar-refractivity contribution is 5.97. The fraction of sp³-hybridized carbons (Fsp3) is 0.575. The fourth-order valence-electron chi connectivity index (χ4n) is 5.63. The Hall–Kier alpha value is -4.73. The highest BCUT2D eigenvalue weighted by Crippen LogP contribution is 2.34. The summed E-state index contributed by atoms with van der Waals surface area (Å²) in [7, 11) is 1.45. The molecule has 4 atom stereocenters. The van der Waals surface area contributed by atoms with E-state index in [1.807, 2.05) is 6.92 Å². The largest absolute Gasteiger partial charge is 0.492 e. The van der Waals surface area contributed by atoms with Gasteiger partial charge in [-0.15, -0.1) is 0 Å². The standard InChI is InChI=1S/C40H55N3O12/c1-25-15-16-29(44)34-30(52-40(9,10)53-34)14-12-13-27-21-28(22-31(50-24-48-11)33(27)35(45)51-26(25)2)49-20-19-42(36(46)54-38(3,4)5)23-32-41-17-18-43(32)37(47)55-39(6,7)8/h12-13,15-18,21-22,25-26,30,34H,14,19-20,23-24H2,1-11H3/b13-12+,16-15-/t25-,26?,30?,34?/m1/s1. The van der Waals surface area contributed by atoms with Crippen LogP contribution in [0.25, 0.3) is 6.08 Å². The summed E-state index contributed by atoms with van der Waals surface area (Å²) in [4.78, 5) is 59.0. The molecule has 2 aliphatic rings. The van der Waals surface area contributed by atoms with Gasteiger partial charge in [0.15, 0.2) is 18.4 Å². The van der Waals surface area contributed by atoms with Crippen molar-refractivity contribution in [3.63, 3.8) is 0 Å². The van der Waals surface area contributed by atoms with Gasteiger partial charge in [-0.25, -0.2) is 23.9 Å². The van der Waals surface area contributed by atoms with Crippen LogP contribution in [0.4, 0.5) is 9.59 Å².